The van der Waals surface area contributed by atoms with Gasteiger partial charge in [0.25, 0.3) is 10.0 Å². The molecule has 2 aromatic rings. The van der Waals surface area contributed by atoms with E-state index in [9.17, 15) is 8.42 Å². The van der Waals surface area contributed by atoms with E-state index in [1.54, 1.807) is 24.3 Å². The maximum Gasteiger partial charge on any atom is 0.271 e. The minimum Gasteiger partial charge on any atom is -0.277 e. The van der Waals surface area contributed by atoms with Crippen molar-refractivity contribution in [2.24, 2.45) is 0 Å². The molecule has 2 rings (SSSR count). The molecule has 0 aliphatic rings. The van der Waals surface area contributed by atoms with Crippen molar-refractivity contribution in [1.29, 1.82) is 0 Å². The Morgan fingerprint density at radius 1 is 1.37 bits per heavy atom. The van der Waals surface area contributed by atoms with Gasteiger partial charge in [0, 0.05) is 3.57 Å². The fraction of sp³-hybridized carbons (Fsp3) is 0.0909. The predicted molar refractivity (Wildman–Crippen MR) is 91.7 cm³/mol. The lowest BCUT2D eigenvalue weighted by molar-refractivity contribution is 0.603. The van der Waals surface area contributed by atoms with E-state index in [1.165, 1.54) is 11.3 Å². The zero-order valence-electron chi connectivity index (χ0n) is 9.58. The first-order chi connectivity index (χ1) is 8.79. The molecular weight excluding hydrogens is 485 g/mol. The quantitative estimate of drug-likeness (QED) is 0.621. The van der Waals surface area contributed by atoms with Gasteiger partial charge in [0.15, 0.2) is 0 Å². The Labute approximate surface area is 142 Å². The molecule has 0 radical (unpaired) electrons. The van der Waals surface area contributed by atoms with E-state index in [4.69, 9.17) is 11.6 Å². The highest BCUT2D eigenvalue weighted by Gasteiger charge is 2.19. The molecule has 0 aliphatic heterocycles. The monoisotopic (exact) mass is 491 g/mol. The van der Waals surface area contributed by atoms with E-state index in [-0.39, 0.29) is 4.21 Å². The summed E-state index contributed by atoms with van der Waals surface area (Å²) < 4.78 is 28.9. The first kappa shape index (κ1) is 15.6. The molecular formula is C11H8BrClINO2S2. The van der Waals surface area contributed by atoms with Crippen LogP contribution in [0.3, 0.4) is 0 Å². The largest absolute Gasteiger partial charge is 0.277 e. The summed E-state index contributed by atoms with van der Waals surface area (Å²) in [7, 11) is -3.60. The lowest BCUT2D eigenvalue weighted by atomic mass is 10.3. The number of nitrogens with one attached hydrogen (secondary N) is 1. The van der Waals surface area contributed by atoms with Gasteiger partial charge in [-0.1, -0.05) is 11.6 Å². The van der Waals surface area contributed by atoms with E-state index in [1.807, 2.05) is 6.92 Å². The molecule has 0 saturated carbocycles. The molecule has 8 heteroatoms. The van der Waals surface area contributed by atoms with Crippen molar-refractivity contribution in [3.63, 3.8) is 0 Å². The zero-order valence-corrected chi connectivity index (χ0v) is 15.7. The third-order valence-electron chi connectivity index (χ3n) is 2.27. The highest BCUT2D eigenvalue weighted by atomic mass is 127. The first-order valence-corrected chi connectivity index (χ1v) is 9.58. The van der Waals surface area contributed by atoms with Gasteiger partial charge in [-0.25, -0.2) is 8.42 Å². The number of rotatable bonds is 3. The smallest absolute Gasteiger partial charge is 0.271 e. The van der Waals surface area contributed by atoms with E-state index < -0.39 is 10.0 Å². The van der Waals surface area contributed by atoms with Gasteiger partial charge in [0.2, 0.25) is 0 Å². The SMILES string of the molecule is Cc1cc(S(=O)(=O)Nc2ccc(I)cc2Cl)sc1Br. The second-order valence-electron chi connectivity index (χ2n) is 3.75. The Morgan fingerprint density at radius 3 is 2.58 bits per heavy atom. The maximum absolute atomic E-state index is 12.2. The van der Waals surface area contributed by atoms with Crippen LogP contribution in [0.1, 0.15) is 5.56 Å². The molecule has 0 bridgehead atoms. The van der Waals surface area contributed by atoms with Crippen LogP contribution in [0.25, 0.3) is 0 Å². The summed E-state index contributed by atoms with van der Waals surface area (Å²) in [5.41, 5.74) is 1.27. The molecule has 0 atom stereocenters. The van der Waals surface area contributed by atoms with Crippen LogP contribution < -0.4 is 4.72 Å². The Balaban J connectivity index is 2.36. The molecule has 1 aromatic carbocycles. The van der Waals surface area contributed by atoms with Crippen LogP contribution in [0.15, 0.2) is 32.3 Å². The summed E-state index contributed by atoms with van der Waals surface area (Å²) >= 11 is 12.6. The summed E-state index contributed by atoms with van der Waals surface area (Å²) in [6, 6.07) is 6.77. The Kier molecular flexibility index (Phi) is 4.82. The van der Waals surface area contributed by atoms with Crippen LogP contribution in [-0.4, -0.2) is 8.42 Å². The van der Waals surface area contributed by atoms with Gasteiger partial charge in [0.05, 0.1) is 14.5 Å². The van der Waals surface area contributed by atoms with Crippen LogP contribution in [0.4, 0.5) is 5.69 Å². The zero-order chi connectivity index (χ0) is 14.2. The lowest BCUT2D eigenvalue weighted by Gasteiger charge is -2.08. The summed E-state index contributed by atoms with van der Waals surface area (Å²) in [6.45, 7) is 1.84. The number of aryl methyl sites for hydroxylation is 1. The van der Waals surface area contributed by atoms with Crippen molar-refractivity contribution in [3.8, 4) is 0 Å². The van der Waals surface area contributed by atoms with E-state index in [0.717, 1.165) is 12.9 Å². The fourth-order valence-corrected chi connectivity index (χ4v) is 5.60. The third-order valence-corrected chi connectivity index (χ3v) is 7.23. The number of sulfonamides is 1. The van der Waals surface area contributed by atoms with Gasteiger partial charge >= 0.3 is 0 Å². The molecule has 0 amide bonds. The summed E-state index contributed by atoms with van der Waals surface area (Å²) in [4.78, 5) is 0. The van der Waals surface area contributed by atoms with Gasteiger partial charge in [-0.15, -0.1) is 11.3 Å². The number of hydrogen-bond acceptors (Lipinski definition) is 3. The molecule has 102 valence electrons. The van der Waals surface area contributed by atoms with Crippen LogP contribution in [-0.2, 0) is 10.0 Å². The predicted octanol–water partition coefficient (Wildman–Crippen LogP) is 4.88. The average molecular weight is 493 g/mol. The van der Waals surface area contributed by atoms with Gasteiger partial charge in [-0.3, -0.25) is 4.72 Å². The number of hydrogen-bond donors (Lipinski definition) is 1. The van der Waals surface area contributed by atoms with E-state index >= 15 is 0 Å². The van der Waals surface area contributed by atoms with Crippen molar-refractivity contribution in [2.45, 2.75) is 11.1 Å². The average Bonchev–Trinajstić information content (AvgIpc) is 2.64. The number of benzene rings is 1. The molecule has 3 nitrogen and oxygen atoms in total. The first-order valence-electron chi connectivity index (χ1n) is 5.03. The Bertz CT molecular complexity index is 711. The Morgan fingerprint density at radius 2 is 2.05 bits per heavy atom. The van der Waals surface area contributed by atoms with Gasteiger partial charge in [-0.05, 0) is 75.3 Å². The molecule has 0 spiro atoms. The van der Waals surface area contributed by atoms with Crippen molar-refractivity contribution in [2.75, 3.05) is 4.72 Å². The molecule has 19 heavy (non-hydrogen) atoms. The van der Waals surface area contributed by atoms with Crippen molar-refractivity contribution < 1.29 is 8.42 Å². The second kappa shape index (κ2) is 5.88. The number of anilines is 1. The van der Waals surface area contributed by atoms with Gasteiger partial charge in [-0.2, -0.15) is 0 Å². The molecule has 1 heterocycles. The second-order valence-corrected chi connectivity index (χ2v) is 9.68. The van der Waals surface area contributed by atoms with Crippen LogP contribution in [0.5, 0.6) is 0 Å². The number of halogens is 3. The topological polar surface area (TPSA) is 46.2 Å². The van der Waals surface area contributed by atoms with Crippen LogP contribution in [0.2, 0.25) is 5.02 Å². The molecule has 1 N–H and O–H groups in total. The van der Waals surface area contributed by atoms with Gasteiger partial charge in [0.1, 0.15) is 4.21 Å². The molecule has 0 fully saturated rings. The highest BCUT2D eigenvalue weighted by Crippen LogP contribution is 2.33. The normalized spacial score (nSPS) is 11.6. The van der Waals surface area contributed by atoms with Crippen molar-refractivity contribution >= 4 is 77.2 Å². The maximum atomic E-state index is 12.2. The lowest BCUT2D eigenvalue weighted by Crippen LogP contribution is -2.11. The van der Waals surface area contributed by atoms with E-state index in [0.29, 0.717) is 10.7 Å². The van der Waals surface area contributed by atoms with Crippen LogP contribution in [0, 0.1) is 10.5 Å². The minimum atomic E-state index is -3.60. The Hall–Kier alpha value is 0.170. The summed E-state index contributed by atoms with van der Waals surface area (Å²) in [6.07, 6.45) is 0. The van der Waals surface area contributed by atoms with E-state index in [2.05, 4.69) is 43.2 Å². The van der Waals surface area contributed by atoms with Crippen molar-refractivity contribution in [3.05, 3.63) is 42.2 Å². The fourth-order valence-electron chi connectivity index (χ4n) is 1.33. The van der Waals surface area contributed by atoms with Crippen molar-refractivity contribution in [1.82, 2.24) is 0 Å². The molecule has 1 aromatic heterocycles. The minimum absolute atomic E-state index is 0.256. The summed E-state index contributed by atoms with van der Waals surface area (Å²) in [5, 5.41) is 0.378. The number of thiophene rings is 1. The summed E-state index contributed by atoms with van der Waals surface area (Å²) in [5.74, 6) is 0. The van der Waals surface area contributed by atoms with Gasteiger partial charge < -0.3 is 0 Å². The standard InChI is InChI=1S/C11H8BrClINO2S2/c1-6-4-10(18-11(6)12)19(16,17)15-9-3-2-7(14)5-8(9)13/h2-5,15H,1H3. The third kappa shape index (κ3) is 3.63. The van der Waals surface area contributed by atoms with Crippen LogP contribution >= 0.6 is 61.5 Å². The molecule has 0 aliphatic carbocycles. The molecule has 0 saturated heterocycles. The highest BCUT2D eigenvalue weighted by molar-refractivity contribution is 14.1. The molecule has 0 unspecified atom stereocenters.